The molecule has 0 spiro atoms. The zero-order valence-corrected chi connectivity index (χ0v) is 11.3. The molecule has 6 atom stereocenters. The normalized spacial score (nSPS) is 32.9. The third-order valence-corrected chi connectivity index (χ3v) is 3.30. The standard InChI is InChI=1S/C14H15NO7/c15-6-8(7-4-2-1-3-5-7)21-14-11(18)9(16)10(17)12(22-14)13(19)20/h1-5,8-12,14,16-18H,(H,19,20). The predicted octanol–water partition coefficient (Wildman–Crippen LogP) is -0.840. The Kier molecular flexibility index (Phi) is 5.07. The molecule has 0 saturated carbocycles. The van der Waals surface area contributed by atoms with Crippen LogP contribution in [-0.4, -0.2) is 57.1 Å². The molecule has 1 saturated heterocycles. The zero-order valence-electron chi connectivity index (χ0n) is 11.3. The molecule has 0 amide bonds. The van der Waals surface area contributed by atoms with E-state index in [1.165, 1.54) is 0 Å². The average molecular weight is 309 g/mol. The van der Waals surface area contributed by atoms with E-state index in [2.05, 4.69) is 0 Å². The minimum absolute atomic E-state index is 0.480. The number of ether oxygens (including phenoxy) is 2. The van der Waals surface area contributed by atoms with Gasteiger partial charge in [0.05, 0.1) is 6.07 Å². The quantitative estimate of drug-likeness (QED) is 0.564. The Bertz CT molecular complexity index is 558. The van der Waals surface area contributed by atoms with Crippen LogP contribution in [0, 0.1) is 11.3 Å². The lowest BCUT2D eigenvalue weighted by molar-refractivity contribution is -0.300. The maximum absolute atomic E-state index is 11.0. The fourth-order valence-electron chi connectivity index (χ4n) is 2.11. The third-order valence-electron chi connectivity index (χ3n) is 3.30. The van der Waals surface area contributed by atoms with E-state index in [-0.39, 0.29) is 0 Å². The van der Waals surface area contributed by atoms with Crippen molar-refractivity contribution >= 4 is 5.97 Å². The predicted molar refractivity (Wildman–Crippen MR) is 70.2 cm³/mol. The molecule has 22 heavy (non-hydrogen) atoms. The number of rotatable bonds is 4. The van der Waals surface area contributed by atoms with Crippen molar-refractivity contribution in [3.05, 3.63) is 35.9 Å². The van der Waals surface area contributed by atoms with Gasteiger partial charge in [0.1, 0.15) is 18.3 Å². The van der Waals surface area contributed by atoms with Gasteiger partial charge in [0.15, 0.2) is 18.5 Å². The monoisotopic (exact) mass is 309 g/mol. The largest absolute Gasteiger partial charge is 0.479 e. The molecule has 8 nitrogen and oxygen atoms in total. The van der Waals surface area contributed by atoms with Crippen molar-refractivity contribution in [3.63, 3.8) is 0 Å². The van der Waals surface area contributed by atoms with Gasteiger partial charge in [-0.25, -0.2) is 4.79 Å². The molecule has 0 bridgehead atoms. The van der Waals surface area contributed by atoms with Gasteiger partial charge in [-0.1, -0.05) is 30.3 Å². The lowest BCUT2D eigenvalue weighted by atomic mass is 9.99. The molecular weight excluding hydrogens is 294 g/mol. The third kappa shape index (κ3) is 3.24. The van der Waals surface area contributed by atoms with E-state index in [4.69, 9.17) is 19.8 Å². The Morgan fingerprint density at radius 3 is 2.36 bits per heavy atom. The Labute approximate surface area is 125 Å². The number of aliphatic hydroxyl groups excluding tert-OH is 3. The highest BCUT2D eigenvalue weighted by Gasteiger charge is 2.48. The molecule has 1 fully saturated rings. The molecule has 8 heteroatoms. The molecule has 1 aromatic carbocycles. The SMILES string of the molecule is N#CC(OC1OC(C(=O)O)C(O)C(O)C1O)c1ccccc1. The number of nitriles is 1. The van der Waals surface area contributed by atoms with Gasteiger partial charge in [0, 0.05) is 0 Å². The molecule has 118 valence electrons. The van der Waals surface area contributed by atoms with Crippen LogP contribution in [0.5, 0.6) is 0 Å². The summed E-state index contributed by atoms with van der Waals surface area (Å²) in [6.07, 6.45) is -9.72. The number of hydrogen-bond donors (Lipinski definition) is 4. The van der Waals surface area contributed by atoms with Gasteiger partial charge < -0.3 is 29.9 Å². The second-order valence-electron chi connectivity index (χ2n) is 4.79. The van der Waals surface area contributed by atoms with E-state index in [9.17, 15) is 20.1 Å². The van der Waals surface area contributed by atoms with Crippen LogP contribution in [0.1, 0.15) is 11.7 Å². The topological polar surface area (TPSA) is 140 Å². The summed E-state index contributed by atoms with van der Waals surface area (Å²) in [5.74, 6) is -1.51. The van der Waals surface area contributed by atoms with E-state index < -0.39 is 42.8 Å². The van der Waals surface area contributed by atoms with Crippen LogP contribution in [-0.2, 0) is 14.3 Å². The van der Waals surface area contributed by atoms with Gasteiger partial charge in [0.25, 0.3) is 0 Å². The number of benzene rings is 1. The van der Waals surface area contributed by atoms with Crippen molar-refractivity contribution in [3.8, 4) is 6.07 Å². The van der Waals surface area contributed by atoms with E-state index in [1.807, 2.05) is 6.07 Å². The van der Waals surface area contributed by atoms with Gasteiger partial charge in [0.2, 0.25) is 0 Å². The average Bonchev–Trinajstić information content (AvgIpc) is 2.52. The Morgan fingerprint density at radius 1 is 1.18 bits per heavy atom. The number of carbonyl (C=O) groups is 1. The van der Waals surface area contributed by atoms with Gasteiger partial charge in [-0.05, 0) is 5.56 Å². The molecule has 0 aliphatic carbocycles. The van der Waals surface area contributed by atoms with Crippen LogP contribution < -0.4 is 0 Å². The number of aliphatic hydroxyl groups is 3. The summed E-state index contributed by atoms with van der Waals surface area (Å²) in [6, 6.07) is 10.2. The molecular formula is C14H15NO7. The molecule has 6 unspecified atom stereocenters. The van der Waals surface area contributed by atoms with Gasteiger partial charge in [-0.3, -0.25) is 0 Å². The molecule has 2 rings (SSSR count). The highest BCUT2D eigenvalue weighted by molar-refractivity contribution is 5.73. The van der Waals surface area contributed by atoms with Gasteiger partial charge >= 0.3 is 5.97 Å². The van der Waals surface area contributed by atoms with Crippen LogP contribution in [0.15, 0.2) is 30.3 Å². The van der Waals surface area contributed by atoms with Crippen LogP contribution in [0.2, 0.25) is 0 Å². The van der Waals surface area contributed by atoms with Crippen molar-refractivity contribution < 1.29 is 34.7 Å². The number of aliphatic carboxylic acids is 1. The summed E-state index contributed by atoms with van der Waals surface area (Å²) in [6.45, 7) is 0. The summed E-state index contributed by atoms with van der Waals surface area (Å²) < 4.78 is 10.2. The van der Waals surface area contributed by atoms with Crippen LogP contribution >= 0.6 is 0 Å². The first kappa shape index (κ1) is 16.4. The summed E-state index contributed by atoms with van der Waals surface area (Å²) in [5.41, 5.74) is 0.480. The van der Waals surface area contributed by atoms with Gasteiger partial charge in [-0.2, -0.15) is 5.26 Å². The Balaban J connectivity index is 2.16. The number of nitrogens with zero attached hydrogens (tertiary/aromatic N) is 1. The second kappa shape index (κ2) is 6.83. The van der Waals surface area contributed by atoms with E-state index in [0.717, 1.165) is 0 Å². The fraction of sp³-hybridized carbons (Fsp3) is 0.429. The molecule has 0 aromatic heterocycles. The van der Waals surface area contributed by atoms with Crippen molar-refractivity contribution in [2.75, 3.05) is 0 Å². The van der Waals surface area contributed by atoms with Crippen LogP contribution in [0.25, 0.3) is 0 Å². The Hall–Kier alpha value is -2.02. The molecule has 1 heterocycles. The molecule has 1 aromatic rings. The van der Waals surface area contributed by atoms with Crippen molar-refractivity contribution in [1.82, 2.24) is 0 Å². The van der Waals surface area contributed by atoms with Crippen LogP contribution in [0.4, 0.5) is 0 Å². The van der Waals surface area contributed by atoms with Crippen molar-refractivity contribution in [1.29, 1.82) is 5.26 Å². The smallest absolute Gasteiger partial charge is 0.335 e. The van der Waals surface area contributed by atoms with E-state index >= 15 is 0 Å². The first-order valence-electron chi connectivity index (χ1n) is 6.48. The number of carboxylic acid groups (broad SMARTS) is 1. The van der Waals surface area contributed by atoms with Crippen molar-refractivity contribution in [2.24, 2.45) is 0 Å². The number of hydrogen-bond acceptors (Lipinski definition) is 7. The highest BCUT2D eigenvalue weighted by Crippen LogP contribution is 2.27. The molecule has 4 N–H and O–H groups in total. The van der Waals surface area contributed by atoms with Crippen molar-refractivity contribution in [2.45, 2.75) is 36.8 Å². The zero-order chi connectivity index (χ0) is 16.3. The molecule has 0 radical (unpaired) electrons. The maximum atomic E-state index is 11.0. The molecule has 1 aliphatic rings. The molecule has 1 aliphatic heterocycles. The van der Waals surface area contributed by atoms with E-state index in [0.29, 0.717) is 5.56 Å². The lowest BCUT2D eigenvalue weighted by Gasteiger charge is -2.39. The lowest BCUT2D eigenvalue weighted by Crippen LogP contribution is -2.60. The first-order chi connectivity index (χ1) is 10.5. The summed E-state index contributed by atoms with van der Waals surface area (Å²) >= 11 is 0. The summed E-state index contributed by atoms with van der Waals surface area (Å²) in [4.78, 5) is 11.0. The highest BCUT2D eigenvalue weighted by atomic mass is 16.7. The second-order valence-corrected chi connectivity index (χ2v) is 4.79. The first-order valence-corrected chi connectivity index (χ1v) is 6.48. The van der Waals surface area contributed by atoms with Gasteiger partial charge in [-0.15, -0.1) is 0 Å². The number of carboxylic acids is 1. The minimum atomic E-state index is -1.80. The summed E-state index contributed by atoms with van der Waals surface area (Å²) in [5, 5.41) is 47.2. The fourth-order valence-corrected chi connectivity index (χ4v) is 2.11. The maximum Gasteiger partial charge on any atom is 0.335 e. The summed E-state index contributed by atoms with van der Waals surface area (Å²) in [7, 11) is 0. The van der Waals surface area contributed by atoms with Crippen LogP contribution in [0.3, 0.4) is 0 Å². The van der Waals surface area contributed by atoms with E-state index in [1.54, 1.807) is 30.3 Å². The minimum Gasteiger partial charge on any atom is -0.479 e. The Morgan fingerprint density at radius 2 is 1.82 bits per heavy atom.